The number of hydrogen-bond donors (Lipinski definition) is 4. The second-order valence-electron chi connectivity index (χ2n) is 8.34. The first kappa shape index (κ1) is 24.8. The van der Waals surface area contributed by atoms with E-state index >= 15 is 0 Å². The number of benzene rings is 2. The first-order valence-corrected chi connectivity index (χ1v) is 11.4. The highest BCUT2D eigenvalue weighted by atomic mass is 16.5. The summed E-state index contributed by atoms with van der Waals surface area (Å²) in [6.07, 6.45) is 2.35. The molecule has 180 valence electrons. The summed E-state index contributed by atoms with van der Waals surface area (Å²) >= 11 is 0. The van der Waals surface area contributed by atoms with E-state index in [0.717, 1.165) is 23.8 Å². The van der Waals surface area contributed by atoms with Crippen molar-refractivity contribution in [2.24, 2.45) is 11.7 Å². The molecule has 8 heteroatoms. The minimum atomic E-state index is -0.703. The second kappa shape index (κ2) is 13.0. The van der Waals surface area contributed by atoms with Gasteiger partial charge >= 0.3 is 0 Å². The van der Waals surface area contributed by atoms with Crippen LogP contribution in [0.25, 0.3) is 0 Å². The van der Waals surface area contributed by atoms with Crippen molar-refractivity contribution in [1.82, 2.24) is 5.32 Å². The van der Waals surface area contributed by atoms with Crippen molar-refractivity contribution >= 4 is 5.91 Å². The van der Waals surface area contributed by atoms with Gasteiger partial charge in [-0.25, -0.2) is 0 Å². The van der Waals surface area contributed by atoms with Crippen LogP contribution in [0.3, 0.4) is 0 Å². The van der Waals surface area contributed by atoms with Crippen LogP contribution in [-0.4, -0.2) is 61.7 Å². The monoisotopic (exact) mass is 458 g/mol. The van der Waals surface area contributed by atoms with Crippen molar-refractivity contribution in [1.29, 1.82) is 0 Å². The molecule has 0 aromatic heterocycles. The molecule has 2 unspecified atom stereocenters. The molecule has 1 saturated carbocycles. The molecule has 33 heavy (non-hydrogen) atoms. The average molecular weight is 459 g/mol. The highest BCUT2D eigenvalue weighted by molar-refractivity contribution is 5.81. The largest absolute Gasteiger partial charge is 0.508 e. The van der Waals surface area contributed by atoms with Crippen LogP contribution in [-0.2, 0) is 9.53 Å². The zero-order valence-corrected chi connectivity index (χ0v) is 18.8. The van der Waals surface area contributed by atoms with Gasteiger partial charge < -0.3 is 35.5 Å². The Balaban J connectivity index is 1.28. The molecule has 0 radical (unpaired) electrons. The Kier molecular flexibility index (Phi) is 9.80. The first-order chi connectivity index (χ1) is 16.0. The van der Waals surface area contributed by atoms with Crippen LogP contribution in [0, 0.1) is 5.92 Å². The Labute approximate surface area is 194 Å². The van der Waals surface area contributed by atoms with Crippen molar-refractivity contribution in [2.45, 2.75) is 31.3 Å². The number of aromatic hydroxyl groups is 1. The maximum absolute atomic E-state index is 11.8. The van der Waals surface area contributed by atoms with E-state index in [1.807, 2.05) is 12.1 Å². The molecule has 2 atom stereocenters. The third kappa shape index (κ3) is 9.29. The van der Waals surface area contributed by atoms with Crippen LogP contribution in [0.4, 0.5) is 0 Å². The summed E-state index contributed by atoms with van der Waals surface area (Å²) in [4.78, 5) is 11.8. The quantitative estimate of drug-likeness (QED) is 0.284. The van der Waals surface area contributed by atoms with Gasteiger partial charge in [0.1, 0.15) is 36.6 Å². The predicted octanol–water partition coefficient (Wildman–Crippen LogP) is 2.19. The van der Waals surface area contributed by atoms with Gasteiger partial charge in [-0.1, -0.05) is 12.1 Å². The molecule has 8 nitrogen and oxygen atoms in total. The number of ether oxygens (including phenoxy) is 3. The SMILES string of the molecule is NC(=O)C(CCNCC(O)COc1ccc(OCCOCC2CC2)cc1)c1ccc(O)cc1. The normalized spacial score (nSPS) is 15.1. The molecule has 2 aromatic rings. The van der Waals surface area contributed by atoms with Crippen LogP contribution in [0.5, 0.6) is 17.2 Å². The summed E-state index contributed by atoms with van der Waals surface area (Å²) in [5, 5.41) is 22.7. The minimum absolute atomic E-state index is 0.138. The third-order valence-corrected chi connectivity index (χ3v) is 5.44. The number of primary amides is 1. The molecule has 1 fully saturated rings. The van der Waals surface area contributed by atoms with E-state index in [1.54, 1.807) is 24.3 Å². The number of hydrogen-bond acceptors (Lipinski definition) is 7. The molecule has 0 aliphatic heterocycles. The zero-order valence-electron chi connectivity index (χ0n) is 18.8. The van der Waals surface area contributed by atoms with Crippen LogP contribution < -0.4 is 20.5 Å². The Morgan fingerprint density at radius 1 is 1.03 bits per heavy atom. The number of aliphatic hydroxyl groups is 1. The van der Waals surface area contributed by atoms with E-state index in [-0.39, 0.29) is 12.4 Å². The van der Waals surface area contributed by atoms with Crippen LogP contribution in [0.1, 0.15) is 30.7 Å². The lowest BCUT2D eigenvalue weighted by Gasteiger charge is -2.16. The Hall–Kier alpha value is -2.81. The van der Waals surface area contributed by atoms with Gasteiger partial charge in [0.2, 0.25) is 5.91 Å². The molecule has 5 N–H and O–H groups in total. The van der Waals surface area contributed by atoms with Gasteiger partial charge in [0.05, 0.1) is 12.5 Å². The van der Waals surface area contributed by atoms with Crippen LogP contribution >= 0.6 is 0 Å². The summed E-state index contributed by atoms with van der Waals surface area (Å²) in [6.45, 7) is 2.89. The lowest BCUT2D eigenvalue weighted by Crippen LogP contribution is -2.33. The van der Waals surface area contributed by atoms with Gasteiger partial charge in [-0.15, -0.1) is 0 Å². The van der Waals surface area contributed by atoms with Crippen molar-refractivity contribution in [3.05, 3.63) is 54.1 Å². The van der Waals surface area contributed by atoms with Gasteiger partial charge in [-0.05, 0) is 73.7 Å². The number of phenols is 1. The molecule has 1 aliphatic carbocycles. The van der Waals surface area contributed by atoms with E-state index < -0.39 is 17.9 Å². The maximum atomic E-state index is 11.8. The van der Waals surface area contributed by atoms with Crippen molar-refractivity contribution in [3.8, 4) is 17.2 Å². The van der Waals surface area contributed by atoms with Gasteiger partial charge in [0.25, 0.3) is 0 Å². The number of carbonyl (C=O) groups is 1. The van der Waals surface area contributed by atoms with E-state index in [4.69, 9.17) is 19.9 Å². The molecule has 2 aromatic carbocycles. The van der Waals surface area contributed by atoms with Gasteiger partial charge in [0.15, 0.2) is 0 Å². The fraction of sp³-hybridized carbons (Fsp3) is 0.480. The first-order valence-electron chi connectivity index (χ1n) is 11.4. The molecule has 0 saturated heterocycles. The van der Waals surface area contributed by atoms with Crippen LogP contribution in [0.2, 0.25) is 0 Å². The fourth-order valence-electron chi connectivity index (χ4n) is 3.33. The number of phenolic OH excluding ortho intramolecular Hbond substituents is 1. The van der Waals surface area contributed by atoms with E-state index in [1.165, 1.54) is 25.0 Å². The van der Waals surface area contributed by atoms with E-state index in [0.29, 0.717) is 38.5 Å². The number of amides is 1. The smallest absolute Gasteiger partial charge is 0.225 e. The lowest BCUT2D eigenvalue weighted by molar-refractivity contribution is -0.119. The standard InChI is InChI=1S/C25H34N2O6/c26-25(30)24(19-3-5-20(28)6-4-19)11-12-27-15-21(29)17-33-23-9-7-22(8-10-23)32-14-13-31-16-18-1-2-18/h3-10,18,21,24,27-29H,1-2,11-17H2,(H2,26,30). The molecule has 1 aliphatic rings. The highest BCUT2D eigenvalue weighted by Crippen LogP contribution is 2.28. The molecule has 0 bridgehead atoms. The van der Waals surface area contributed by atoms with E-state index in [9.17, 15) is 15.0 Å². The maximum Gasteiger partial charge on any atom is 0.225 e. The summed E-state index contributed by atoms with van der Waals surface area (Å²) < 4.78 is 16.8. The predicted molar refractivity (Wildman–Crippen MR) is 125 cm³/mol. The van der Waals surface area contributed by atoms with E-state index in [2.05, 4.69) is 5.32 Å². The molecule has 3 rings (SSSR count). The van der Waals surface area contributed by atoms with Gasteiger partial charge in [-0.2, -0.15) is 0 Å². The summed E-state index contributed by atoms with van der Waals surface area (Å²) in [5.74, 6) is 1.40. The number of carbonyl (C=O) groups excluding carboxylic acids is 1. The number of nitrogens with one attached hydrogen (secondary N) is 1. The second-order valence-corrected chi connectivity index (χ2v) is 8.34. The van der Waals surface area contributed by atoms with Gasteiger partial charge in [0, 0.05) is 13.2 Å². The third-order valence-electron chi connectivity index (χ3n) is 5.44. The number of rotatable bonds is 16. The molecule has 0 spiro atoms. The summed E-state index contributed by atoms with van der Waals surface area (Å²) in [5.41, 5.74) is 6.27. The van der Waals surface area contributed by atoms with Crippen LogP contribution in [0.15, 0.2) is 48.5 Å². The Morgan fingerprint density at radius 2 is 1.70 bits per heavy atom. The Morgan fingerprint density at radius 3 is 2.33 bits per heavy atom. The number of nitrogens with two attached hydrogens (primary N) is 1. The topological polar surface area (TPSA) is 123 Å². The molecular weight excluding hydrogens is 424 g/mol. The molecular formula is C25H34N2O6. The van der Waals surface area contributed by atoms with Crippen molar-refractivity contribution < 1.29 is 29.2 Å². The lowest BCUT2D eigenvalue weighted by atomic mass is 9.95. The van der Waals surface area contributed by atoms with Gasteiger partial charge in [-0.3, -0.25) is 4.79 Å². The zero-order chi connectivity index (χ0) is 23.5. The highest BCUT2D eigenvalue weighted by Gasteiger charge is 2.21. The summed E-state index contributed by atoms with van der Waals surface area (Å²) in [6, 6.07) is 13.7. The summed E-state index contributed by atoms with van der Waals surface area (Å²) in [7, 11) is 0. The van der Waals surface area contributed by atoms with Crippen molar-refractivity contribution in [2.75, 3.05) is 39.5 Å². The number of aliphatic hydroxyl groups excluding tert-OH is 1. The fourth-order valence-corrected chi connectivity index (χ4v) is 3.33. The minimum Gasteiger partial charge on any atom is -0.508 e. The van der Waals surface area contributed by atoms with Crippen molar-refractivity contribution in [3.63, 3.8) is 0 Å². The Bertz CT molecular complexity index is 839. The average Bonchev–Trinajstić information content (AvgIpc) is 3.63. The molecule has 0 heterocycles. The molecule has 1 amide bonds.